The van der Waals surface area contributed by atoms with Gasteiger partial charge in [-0.25, -0.2) is 0 Å². The second-order valence-electron chi connectivity index (χ2n) is 4.13. The van der Waals surface area contributed by atoms with Crippen molar-refractivity contribution in [1.82, 2.24) is 10.2 Å². The predicted molar refractivity (Wildman–Crippen MR) is 68.3 cm³/mol. The predicted octanol–water partition coefficient (Wildman–Crippen LogP) is 1.02. The lowest BCUT2D eigenvalue weighted by Gasteiger charge is -2.39. The molecule has 15 heavy (non-hydrogen) atoms. The highest BCUT2D eigenvalue weighted by atomic mass is 32.2. The zero-order chi connectivity index (χ0) is 11.3. The molecule has 1 rings (SSSR count). The van der Waals surface area contributed by atoms with Gasteiger partial charge in [-0.3, -0.25) is 4.99 Å². The molecule has 0 aliphatic carbocycles. The third-order valence-electron chi connectivity index (χ3n) is 2.29. The molecule has 0 atom stereocenters. The first-order valence-electron chi connectivity index (χ1n) is 5.12. The van der Waals surface area contributed by atoms with Crippen molar-refractivity contribution in [2.45, 2.75) is 18.6 Å². The summed E-state index contributed by atoms with van der Waals surface area (Å²) in [6.45, 7) is 7.12. The molecule has 84 valence electrons. The molecule has 0 spiro atoms. The minimum Gasteiger partial charge on any atom is -0.345 e. The van der Waals surface area contributed by atoms with Crippen molar-refractivity contribution in [2.24, 2.45) is 4.99 Å². The summed E-state index contributed by atoms with van der Waals surface area (Å²) in [5, 5.41) is 3.16. The monoisotopic (exact) mass is 225 g/mol. The average molecular weight is 225 g/mol. The number of rotatable bonds is 1. The van der Waals surface area contributed by atoms with Crippen molar-refractivity contribution in [1.29, 1.82) is 0 Å². The van der Waals surface area contributed by atoms with Crippen LogP contribution in [-0.2, 0) is 0 Å². The zero-order valence-electron chi connectivity index (χ0n) is 9.71. The van der Waals surface area contributed by atoms with Crippen LogP contribution in [0.15, 0.2) is 4.99 Å². The number of nitrogens with zero attached hydrogens (tertiary/aromatic N) is 2. The summed E-state index contributed by atoms with van der Waals surface area (Å²) in [5.41, 5.74) is 0. The van der Waals surface area contributed by atoms with E-state index in [1.807, 2.05) is 11.8 Å². The van der Waals surface area contributed by atoms with Crippen LogP contribution < -0.4 is 5.32 Å². The van der Waals surface area contributed by atoms with E-state index in [1.54, 1.807) is 7.05 Å². The Morgan fingerprint density at radius 1 is 1.67 bits per heavy atom. The van der Waals surface area contributed by atoms with E-state index in [0.29, 0.717) is 11.3 Å². The zero-order valence-corrected chi connectivity index (χ0v) is 10.5. The Kier molecular flexibility index (Phi) is 4.34. The van der Waals surface area contributed by atoms with Gasteiger partial charge in [-0.1, -0.05) is 5.92 Å². The Labute approximate surface area is 96.7 Å². The summed E-state index contributed by atoms with van der Waals surface area (Å²) in [6, 6.07) is 0. The van der Waals surface area contributed by atoms with E-state index in [2.05, 4.69) is 35.0 Å². The number of thioether (sulfide) groups is 1. The molecule has 1 N–H and O–H groups in total. The molecule has 0 radical (unpaired) electrons. The fourth-order valence-electron chi connectivity index (χ4n) is 1.66. The molecule has 0 aromatic rings. The van der Waals surface area contributed by atoms with Gasteiger partial charge in [0.05, 0.1) is 6.54 Å². The Hall–Kier alpha value is -0.820. The molecule has 1 aliphatic rings. The smallest absolute Gasteiger partial charge is 0.194 e. The van der Waals surface area contributed by atoms with Crippen LogP contribution in [0.5, 0.6) is 0 Å². The van der Waals surface area contributed by atoms with E-state index in [0.717, 1.165) is 24.8 Å². The molecule has 1 heterocycles. The van der Waals surface area contributed by atoms with Crippen LogP contribution in [0.2, 0.25) is 0 Å². The molecular weight excluding hydrogens is 206 g/mol. The van der Waals surface area contributed by atoms with E-state index in [9.17, 15) is 0 Å². The standard InChI is InChI=1S/C11H19N3S/c1-5-6-13-10(12-4)14-7-8-15-11(2,3)9-14/h1H,6-9H2,2-4H3,(H,12,13). The van der Waals surface area contributed by atoms with Crippen molar-refractivity contribution in [2.75, 3.05) is 32.4 Å². The second kappa shape index (κ2) is 5.32. The van der Waals surface area contributed by atoms with E-state index in [4.69, 9.17) is 6.42 Å². The van der Waals surface area contributed by atoms with Crippen LogP contribution in [0.4, 0.5) is 0 Å². The van der Waals surface area contributed by atoms with E-state index < -0.39 is 0 Å². The van der Waals surface area contributed by atoms with Crippen molar-refractivity contribution in [3.63, 3.8) is 0 Å². The van der Waals surface area contributed by atoms with E-state index in [-0.39, 0.29) is 0 Å². The van der Waals surface area contributed by atoms with Gasteiger partial charge in [-0.2, -0.15) is 11.8 Å². The van der Waals surface area contributed by atoms with E-state index in [1.165, 1.54) is 0 Å². The fraction of sp³-hybridized carbons (Fsp3) is 0.727. The lowest BCUT2D eigenvalue weighted by atomic mass is 10.2. The number of hydrogen-bond donors (Lipinski definition) is 1. The number of aliphatic imine (C=N–C) groups is 1. The second-order valence-corrected chi connectivity index (χ2v) is 5.94. The SMILES string of the molecule is C#CCNC(=NC)N1CCSC(C)(C)C1. The lowest BCUT2D eigenvalue weighted by Crippen LogP contribution is -2.50. The molecular formula is C11H19N3S. The number of hydrogen-bond acceptors (Lipinski definition) is 2. The maximum Gasteiger partial charge on any atom is 0.194 e. The van der Waals surface area contributed by atoms with Gasteiger partial charge >= 0.3 is 0 Å². The maximum absolute atomic E-state index is 5.22. The summed E-state index contributed by atoms with van der Waals surface area (Å²) >= 11 is 2.01. The molecule has 0 aromatic carbocycles. The van der Waals surface area contributed by atoms with Crippen LogP contribution >= 0.6 is 11.8 Å². The summed E-state index contributed by atoms with van der Waals surface area (Å²) in [4.78, 5) is 6.51. The molecule has 1 aliphatic heterocycles. The first-order valence-corrected chi connectivity index (χ1v) is 6.10. The molecule has 0 bridgehead atoms. The first-order chi connectivity index (χ1) is 7.09. The number of terminal acetylenes is 1. The van der Waals surface area contributed by atoms with E-state index >= 15 is 0 Å². The van der Waals surface area contributed by atoms with Gasteiger partial charge in [0.15, 0.2) is 5.96 Å². The van der Waals surface area contributed by atoms with Crippen molar-refractivity contribution in [3.05, 3.63) is 0 Å². The third kappa shape index (κ3) is 3.67. The van der Waals surface area contributed by atoms with Crippen LogP contribution in [0.1, 0.15) is 13.8 Å². The van der Waals surface area contributed by atoms with Crippen molar-refractivity contribution in [3.8, 4) is 12.3 Å². The van der Waals surface area contributed by atoms with Gasteiger partial charge in [-0.15, -0.1) is 6.42 Å². The van der Waals surface area contributed by atoms with Crippen molar-refractivity contribution < 1.29 is 0 Å². The molecule has 0 saturated carbocycles. The Morgan fingerprint density at radius 2 is 2.40 bits per heavy atom. The molecule has 1 saturated heterocycles. The van der Waals surface area contributed by atoms with Crippen LogP contribution in [0.25, 0.3) is 0 Å². The topological polar surface area (TPSA) is 27.6 Å². The molecule has 4 heteroatoms. The van der Waals surface area contributed by atoms with Gasteiger partial charge in [0, 0.05) is 30.6 Å². The van der Waals surface area contributed by atoms with Crippen molar-refractivity contribution >= 4 is 17.7 Å². The fourth-order valence-corrected chi connectivity index (χ4v) is 2.77. The highest BCUT2D eigenvalue weighted by Gasteiger charge is 2.28. The molecule has 0 unspecified atom stereocenters. The van der Waals surface area contributed by atoms with Crippen LogP contribution in [-0.4, -0.2) is 48.0 Å². The summed E-state index contributed by atoms with van der Waals surface area (Å²) in [7, 11) is 1.80. The van der Waals surface area contributed by atoms with Gasteiger partial charge < -0.3 is 10.2 Å². The first kappa shape index (κ1) is 12.3. The molecule has 0 aromatic heterocycles. The lowest BCUT2D eigenvalue weighted by molar-refractivity contribution is 0.378. The number of nitrogens with one attached hydrogen (secondary N) is 1. The van der Waals surface area contributed by atoms with Gasteiger partial charge in [0.2, 0.25) is 0 Å². The van der Waals surface area contributed by atoms with Gasteiger partial charge in [0.25, 0.3) is 0 Å². The minimum atomic E-state index is 0.298. The Morgan fingerprint density at radius 3 is 2.93 bits per heavy atom. The average Bonchev–Trinajstić information content (AvgIpc) is 2.17. The maximum atomic E-state index is 5.22. The highest BCUT2D eigenvalue weighted by Crippen LogP contribution is 2.29. The number of guanidine groups is 1. The van der Waals surface area contributed by atoms with Crippen LogP contribution in [0.3, 0.4) is 0 Å². The minimum absolute atomic E-state index is 0.298. The Balaban J connectivity index is 2.58. The third-order valence-corrected chi connectivity index (χ3v) is 3.58. The molecule has 0 amide bonds. The summed E-state index contributed by atoms with van der Waals surface area (Å²) in [6.07, 6.45) is 5.22. The van der Waals surface area contributed by atoms with Crippen LogP contribution in [0, 0.1) is 12.3 Å². The van der Waals surface area contributed by atoms with Gasteiger partial charge in [0.1, 0.15) is 0 Å². The largest absolute Gasteiger partial charge is 0.345 e. The highest BCUT2D eigenvalue weighted by molar-refractivity contribution is 8.00. The normalized spacial score (nSPS) is 20.9. The summed E-state index contributed by atoms with van der Waals surface area (Å²) in [5.74, 6) is 4.63. The molecule has 1 fully saturated rings. The Bertz CT molecular complexity index is 278. The van der Waals surface area contributed by atoms with Gasteiger partial charge in [-0.05, 0) is 13.8 Å². The quantitative estimate of drug-likeness (QED) is 0.410. The summed E-state index contributed by atoms with van der Waals surface area (Å²) < 4.78 is 0.298. The molecule has 3 nitrogen and oxygen atoms in total.